The summed E-state index contributed by atoms with van der Waals surface area (Å²) >= 11 is 0. The molecular formula is C9H13BO. The molecule has 0 saturated heterocycles. The largest absolute Gasteiger partial charge is 0.378 e. The topological polar surface area (TPSA) is 9.23 Å². The summed E-state index contributed by atoms with van der Waals surface area (Å²) in [5.74, 6) is 0. The van der Waals surface area contributed by atoms with E-state index in [9.17, 15) is 0 Å². The molecule has 0 bridgehead atoms. The Morgan fingerprint density at radius 2 is 1.91 bits per heavy atom. The smallest absolute Gasteiger partial charge is 0.104 e. The van der Waals surface area contributed by atoms with Gasteiger partial charge in [-0.15, -0.1) is 0 Å². The highest BCUT2D eigenvalue weighted by molar-refractivity contribution is 6.08. The molecule has 0 amide bonds. The third kappa shape index (κ3) is 3.24. The molecule has 0 unspecified atom stereocenters. The van der Waals surface area contributed by atoms with Gasteiger partial charge in [0, 0.05) is 6.61 Å². The maximum atomic E-state index is 5.37. The van der Waals surface area contributed by atoms with E-state index < -0.39 is 0 Å². The van der Waals surface area contributed by atoms with Gasteiger partial charge < -0.3 is 4.74 Å². The zero-order chi connectivity index (χ0) is 7.94. The van der Waals surface area contributed by atoms with Crippen LogP contribution in [0.25, 0.3) is 0 Å². The van der Waals surface area contributed by atoms with E-state index in [-0.39, 0.29) is 0 Å². The summed E-state index contributed by atoms with van der Waals surface area (Å²) < 4.78 is 5.37. The van der Waals surface area contributed by atoms with Gasteiger partial charge >= 0.3 is 0 Å². The lowest BCUT2D eigenvalue weighted by Crippen LogP contribution is -1.93. The molecule has 0 aromatic heterocycles. The molecule has 0 atom stereocenters. The molecule has 0 fully saturated rings. The maximum absolute atomic E-state index is 5.37. The number of ether oxygens (including phenoxy) is 1. The van der Waals surface area contributed by atoms with Crippen molar-refractivity contribution in [1.29, 1.82) is 0 Å². The normalized spacial score (nSPS) is 9.82. The lowest BCUT2D eigenvalue weighted by molar-refractivity contribution is 0.134. The van der Waals surface area contributed by atoms with E-state index in [1.807, 2.05) is 18.2 Å². The van der Waals surface area contributed by atoms with Crippen LogP contribution in [0.1, 0.15) is 5.56 Å². The molecular weight excluding hydrogens is 135 g/mol. The van der Waals surface area contributed by atoms with Crippen molar-refractivity contribution in [2.24, 2.45) is 0 Å². The highest BCUT2D eigenvalue weighted by Gasteiger charge is 1.88. The van der Waals surface area contributed by atoms with Crippen LogP contribution in [0.2, 0.25) is 6.32 Å². The molecule has 1 aromatic carbocycles. The van der Waals surface area contributed by atoms with E-state index >= 15 is 0 Å². The minimum atomic E-state index is 0.745. The first kappa shape index (κ1) is 8.34. The molecule has 1 nitrogen and oxygen atoms in total. The van der Waals surface area contributed by atoms with Crippen molar-refractivity contribution in [3.8, 4) is 0 Å². The summed E-state index contributed by atoms with van der Waals surface area (Å²) in [6.45, 7) is 1.60. The highest BCUT2D eigenvalue weighted by atomic mass is 16.5. The molecule has 0 heterocycles. The first-order chi connectivity index (χ1) is 5.43. The number of hydrogen-bond acceptors (Lipinski definition) is 1. The molecule has 0 aliphatic heterocycles. The fourth-order valence-corrected chi connectivity index (χ4v) is 0.909. The molecule has 0 radical (unpaired) electrons. The van der Waals surface area contributed by atoms with Gasteiger partial charge in [-0.3, -0.25) is 0 Å². The van der Waals surface area contributed by atoms with Crippen molar-refractivity contribution in [1.82, 2.24) is 0 Å². The van der Waals surface area contributed by atoms with E-state index in [1.165, 1.54) is 5.56 Å². The van der Waals surface area contributed by atoms with Gasteiger partial charge in [0.25, 0.3) is 0 Å². The van der Waals surface area contributed by atoms with Crippen molar-refractivity contribution >= 4 is 7.85 Å². The minimum Gasteiger partial charge on any atom is -0.378 e. The summed E-state index contributed by atoms with van der Waals surface area (Å²) in [6.07, 6.45) is 1.09. The van der Waals surface area contributed by atoms with Gasteiger partial charge in [0.15, 0.2) is 0 Å². The summed E-state index contributed by atoms with van der Waals surface area (Å²) in [5, 5.41) is 0. The Hall–Kier alpha value is -0.755. The molecule has 2 heteroatoms. The molecule has 1 rings (SSSR count). The fraction of sp³-hybridized carbons (Fsp3) is 0.333. The Kier molecular flexibility index (Phi) is 3.77. The Morgan fingerprint density at radius 3 is 2.55 bits per heavy atom. The molecule has 0 N–H and O–H groups in total. The third-order valence-electron chi connectivity index (χ3n) is 1.46. The van der Waals surface area contributed by atoms with Crippen LogP contribution in [0.5, 0.6) is 0 Å². The van der Waals surface area contributed by atoms with Gasteiger partial charge in [0.05, 0.1) is 6.61 Å². The van der Waals surface area contributed by atoms with Crippen molar-refractivity contribution < 1.29 is 4.74 Å². The second kappa shape index (κ2) is 4.97. The van der Waals surface area contributed by atoms with Crippen LogP contribution >= 0.6 is 0 Å². The van der Waals surface area contributed by atoms with Crippen molar-refractivity contribution in [3.05, 3.63) is 35.9 Å². The first-order valence-corrected chi connectivity index (χ1v) is 4.05. The van der Waals surface area contributed by atoms with Crippen molar-refractivity contribution in [2.45, 2.75) is 12.9 Å². The highest BCUT2D eigenvalue weighted by Crippen LogP contribution is 1.99. The van der Waals surface area contributed by atoms with Crippen LogP contribution in [-0.4, -0.2) is 14.5 Å². The van der Waals surface area contributed by atoms with Crippen molar-refractivity contribution in [2.75, 3.05) is 6.61 Å². The van der Waals surface area contributed by atoms with Gasteiger partial charge in [0.2, 0.25) is 0 Å². The Bertz CT molecular complexity index is 186. The molecule has 0 saturated carbocycles. The predicted octanol–water partition coefficient (Wildman–Crippen LogP) is 1.25. The monoisotopic (exact) mass is 148 g/mol. The van der Waals surface area contributed by atoms with E-state index in [0.29, 0.717) is 0 Å². The molecule has 58 valence electrons. The second-order valence-corrected chi connectivity index (χ2v) is 2.54. The SMILES string of the molecule is BCCOCc1ccccc1. The van der Waals surface area contributed by atoms with E-state index in [0.717, 1.165) is 19.5 Å². The summed E-state index contributed by atoms with van der Waals surface area (Å²) in [4.78, 5) is 0. The lowest BCUT2D eigenvalue weighted by atomic mass is 10.1. The second-order valence-electron chi connectivity index (χ2n) is 2.54. The molecule has 11 heavy (non-hydrogen) atoms. The summed E-state index contributed by atoms with van der Waals surface area (Å²) in [7, 11) is 2.12. The van der Waals surface area contributed by atoms with Gasteiger partial charge in [0.1, 0.15) is 7.85 Å². The zero-order valence-electron chi connectivity index (χ0n) is 6.92. The van der Waals surface area contributed by atoms with E-state index in [1.54, 1.807) is 0 Å². The number of benzene rings is 1. The molecule has 0 aliphatic rings. The Labute approximate surface area is 68.8 Å². The lowest BCUT2D eigenvalue weighted by Gasteiger charge is -2.00. The van der Waals surface area contributed by atoms with Gasteiger partial charge in [-0.05, 0) is 5.56 Å². The van der Waals surface area contributed by atoms with Crippen molar-refractivity contribution in [3.63, 3.8) is 0 Å². The maximum Gasteiger partial charge on any atom is 0.104 e. The van der Waals surface area contributed by atoms with Gasteiger partial charge in [-0.2, -0.15) is 0 Å². The van der Waals surface area contributed by atoms with E-state index in [4.69, 9.17) is 4.74 Å². The Morgan fingerprint density at radius 1 is 1.18 bits per heavy atom. The average Bonchev–Trinajstić information content (AvgIpc) is 2.07. The number of rotatable bonds is 4. The predicted molar refractivity (Wildman–Crippen MR) is 49.4 cm³/mol. The fourth-order valence-electron chi connectivity index (χ4n) is 0.909. The van der Waals surface area contributed by atoms with Crippen LogP contribution in [-0.2, 0) is 11.3 Å². The third-order valence-corrected chi connectivity index (χ3v) is 1.46. The average molecular weight is 148 g/mol. The van der Waals surface area contributed by atoms with E-state index in [2.05, 4.69) is 20.0 Å². The van der Waals surface area contributed by atoms with Crippen LogP contribution in [0, 0.1) is 0 Å². The first-order valence-electron chi connectivity index (χ1n) is 4.05. The number of hydrogen-bond donors (Lipinski definition) is 0. The van der Waals surface area contributed by atoms with Crippen LogP contribution < -0.4 is 0 Å². The summed E-state index contributed by atoms with van der Waals surface area (Å²) in [6, 6.07) is 10.2. The molecule has 1 aromatic rings. The molecule has 0 aliphatic carbocycles. The van der Waals surface area contributed by atoms with Gasteiger partial charge in [-0.25, -0.2) is 0 Å². The van der Waals surface area contributed by atoms with Crippen LogP contribution in [0.4, 0.5) is 0 Å². The Balaban J connectivity index is 2.28. The molecule has 0 spiro atoms. The van der Waals surface area contributed by atoms with Crippen LogP contribution in [0.3, 0.4) is 0 Å². The minimum absolute atomic E-state index is 0.745. The quantitative estimate of drug-likeness (QED) is 0.461. The van der Waals surface area contributed by atoms with Crippen LogP contribution in [0.15, 0.2) is 30.3 Å². The van der Waals surface area contributed by atoms with Gasteiger partial charge in [-0.1, -0.05) is 36.7 Å². The zero-order valence-corrected chi connectivity index (χ0v) is 6.92. The standard InChI is InChI=1S/C9H13BO/c10-6-7-11-8-9-4-2-1-3-5-9/h1-5H,6-8,10H2. The summed E-state index contributed by atoms with van der Waals surface area (Å²) in [5.41, 5.74) is 1.25.